The number of hydrogen-bond acceptors (Lipinski definition) is 5. The lowest BCUT2D eigenvalue weighted by Crippen LogP contribution is -2.42. The van der Waals surface area contributed by atoms with Crippen molar-refractivity contribution < 1.29 is 27.3 Å². The summed E-state index contributed by atoms with van der Waals surface area (Å²) < 4.78 is 34.1. The van der Waals surface area contributed by atoms with Crippen LogP contribution in [0.2, 0.25) is 0 Å². The molecule has 0 saturated heterocycles. The van der Waals surface area contributed by atoms with Crippen LogP contribution in [0.3, 0.4) is 0 Å². The molecule has 2 saturated carbocycles. The zero-order valence-corrected chi connectivity index (χ0v) is 17.5. The molecule has 0 amide bonds. The molecule has 6 nitrogen and oxygen atoms in total. The molecule has 8 heteroatoms. The normalized spacial score (nSPS) is 25.1. The number of fused-ring (bicyclic) bond motifs is 3. The summed E-state index contributed by atoms with van der Waals surface area (Å²) in [5.41, 5.74) is 2.00. The van der Waals surface area contributed by atoms with E-state index in [9.17, 15) is 13.2 Å². The van der Waals surface area contributed by atoms with Gasteiger partial charge in [-0.15, -0.1) is 0 Å². The van der Waals surface area contributed by atoms with Crippen LogP contribution in [0.5, 0.6) is 0 Å². The number of ketones is 1. The molecule has 2 bridgehead atoms. The first-order valence-electron chi connectivity index (χ1n) is 9.10. The third-order valence-corrected chi connectivity index (χ3v) is 7.97. The van der Waals surface area contributed by atoms with E-state index >= 15 is 0 Å². The van der Waals surface area contributed by atoms with E-state index in [1.165, 1.54) is 4.70 Å². The van der Waals surface area contributed by atoms with E-state index in [0.717, 1.165) is 11.9 Å². The highest BCUT2D eigenvalue weighted by Gasteiger charge is 2.65. The Morgan fingerprint density at radius 2 is 2.00 bits per heavy atom. The van der Waals surface area contributed by atoms with Crippen LogP contribution in [-0.4, -0.2) is 31.1 Å². The quantitative estimate of drug-likeness (QED) is 0.595. The maximum atomic E-state index is 11.9. The predicted molar refractivity (Wildman–Crippen MR) is 111 cm³/mol. The third-order valence-electron chi connectivity index (χ3n) is 6.21. The molecule has 4 rings (SSSR count). The topological polar surface area (TPSA) is 84.5 Å². The van der Waals surface area contributed by atoms with Gasteiger partial charge >= 0.3 is 0 Å². The molecule has 28 heavy (non-hydrogen) atoms. The minimum atomic E-state index is -4.08. The summed E-state index contributed by atoms with van der Waals surface area (Å²) in [6.07, 6.45) is 1.97. The van der Waals surface area contributed by atoms with Crippen LogP contribution < -0.4 is 9.57 Å². The van der Waals surface area contributed by atoms with E-state index in [2.05, 4.69) is 12.1 Å². The Balaban J connectivity index is 0.000000198. The van der Waals surface area contributed by atoms with Crippen molar-refractivity contribution in [3.8, 4) is 0 Å². The van der Waals surface area contributed by atoms with Gasteiger partial charge in [0.25, 0.3) is 21.1 Å². The highest BCUT2D eigenvalue weighted by Crippen LogP contribution is 2.64. The molecule has 2 atom stereocenters. The summed E-state index contributed by atoms with van der Waals surface area (Å²) in [6.45, 7) is 6.58. The number of carbonyl (C=O) groups excluding carboxylic acids is 1. The standard InChI is InChI=1S/C10H16O4S.C9H10NOS.CH4/c1-9(2)7-3-4-10(9,8(11)5-7)6-15(12,13)14;1-2-11-10-7-12-9-6-4-3-5-8(9)10;/h7H,3-6H2,1-2H3,(H,12,13,14);3-7H,2H2,1H3;1H4/q;+1;. The van der Waals surface area contributed by atoms with E-state index in [-0.39, 0.29) is 24.5 Å². The number of hydrogen-bond donors (Lipinski definition) is 1. The Hall–Kier alpha value is -1.51. The Morgan fingerprint density at radius 1 is 1.32 bits per heavy atom. The van der Waals surface area contributed by atoms with Gasteiger partial charge in [-0.1, -0.05) is 44.7 Å². The molecule has 2 aromatic rings. The minimum Gasteiger partial charge on any atom is -0.299 e. The second-order valence-electron chi connectivity index (χ2n) is 7.83. The fourth-order valence-corrected chi connectivity index (χ4v) is 6.68. The van der Waals surface area contributed by atoms with Gasteiger partial charge in [-0.25, -0.2) is 0 Å². The number of thiazole rings is 1. The third kappa shape index (κ3) is 3.95. The van der Waals surface area contributed by atoms with Crippen LogP contribution in [0.25, 0.3) is 10.2 Å². The van der Waals surface area contributed by atoms with E-state index in [0.29, 0.717) is 19.4 Å². The number of benzene rings is 1. The summed E-state index contributed by atoms with van der Waals surface area (Å²) in [7, 11) is -4.08. The van der Waals surface area contributed by atoms with Gasteiger partial charge in [0.15, 0.2) is 6.61 Å². The molecule has 1 heterocycles. The van der Waals surface area contributed by atoms with Crippen molar-refractivity contribution >= 4 is 37.5 Å². The summed E-state index contributed by atoms with van der Waals surface area (Å²) in [5.74, 6) is -0.101. The molecule has 1 N–H and O–H groups in total. The van der Waals surface area contributed by atoms with Crippen molar-refractivity contribution in [2.45, 2.75) is 47.5 Å². The lowest BCUT2D eigenvalue weighted by Gasteiger charge is -2.35. The molecule has 2 fully saturated rings. The Morgan fingerprint density at radius 3 is 2.54 bits per heavy atom. The molecule has 1 aromatic carbocycles. The van der Waals surface area contributed by atoms with Gasteiger partial charge in [-0.2, -0.15) is 8.42 Å². The summed E-state index contributed by atoms with van der Waals surface area (Å²) >= 11 is 1.69. The number of Topliss-reactive ketones (excluding diaryl/α,β-unsaturated/α-hetero) is 1. The van der Waals surface area contributed by atoms with Crippen LogP contribution >= 0.6 is 11.3 Å². The molecule has 0 aliphatic heterocycles. The molecule has 0 spiro atoms. The second-order valence-corrected chi connectivity index (χ2v) is 10.2. The average Bonchev–Trinajstić information content (AvgIpc) is 3.14. The van der Waals surface area contributed by atoms with Crippen molar-refractivity contribution in [3.05, 3.63) is 29.8 Å². The van der Waals surface area contributed by atoms with Crippen molar-refractivity contribution in [2.24, 2.45) is 16.7 Å². The van der Waals surface area contributed by atoms with E-state index in [1.54, 1.807) is 11.3 Å². The Kier molecular flexibility index (Phi) is 6.57. The first kappa shape index (κ1) is 22.8. The van der Waals surface area contributed by atoms with Crippen molar-refractivity contribution in [2.75, 3.05) is 12.4 Å². The van der Waals surface area contributed by atoms with Gasteiger partial charge in [0.1, 0.15) is 10.5 Å². The molecule has 0 radical (unpaired) electrons. The minimum absolute atomic E-state index is 0. The largest absolute Gasteiger partial charge is 0.299 e. The van der Waals surface area contributed by atoms with Gasteiger partial charge < -0.3 is 0 Å². The second kappa shape index (κ2) is 8.08. The molecule has 2 aliphatic rings. The fraction of sp³-hybridized carbons (Fsp3) is 0.600. The smallest absolute Gasteiger partial charge is 0.278 e. The molecule has 156 valence electrons. The number of carbonyl (C=O) groups is 1. The maximum Gasteiger partial charge on any atom is 0.278 e. The van der Waals surface area contributed by atoms with Crippen LogP contribution in [-0.2, 0) is 14.9 Å². The summed E-state index contributed by atoms with van der Waals surface area (Å²) in [6, 6.07) is 8.21. The van der Waals surface area contributed by atoms with Gasteiger partial charge in [-0.3, -0.25) is 14.2 Å². The average molecular weight is 429 g/mol. The number of aromatic nitrogens is 1. The zero-order chi connectivity index (χ0) is 19.9. The molecule has 2 unspecified atom stereocenters. The van der Waals surface area contributed by atoms with Crippen molar-refractivity contribution in [3.63, 3.8) is 0 Å². The van der Waals surface area contributed by atoms with Gasteiger partial charge in [-0.05, 0) is 37.2 Å². The monoisotopic (exact) mass is 428 g/mol. The fourth-order valence-electron chi connectivity index (χ4n) is 4.56. The first-order chi connectivity index (χ1) is 12.6. The van der Waals surface area contributed by atoms with Crippen LogP contribution in [0.15, 0.2) is 29.8 Å². The van der Waals surface area contributed by atoms with Crippen LogP contribution in [0.1, 0.15) is 47.5 Å². The predicted octanol–water partition coefficient (Wildman–Crippen LogP) is 3.54. The van der Waals surface area contributed by atoms with E-state index < -0.39 is 21.3 Å². The molecule has 2 aliphatic carbocycles. The van der Waals surface area contributed by atoms with Crippen LogP contribution in [0, 0.1) is 16.7 Å². The SMILES string of the molecule is C.CC1(C)C2CCC1(CS(=O)(=O)O)C(=O)C2.CCO[n+]1csc2ccccc21. The molecule has 1 aromatic heterocycles. The molecular formula is C20H30NO5S2+. The lowest BCUT2D eigenvalue weighted by molar-refractivity contribution is -0.867. The maximum absolute atomic E-state index is 11.9. The number of rotatable bonds is 4. The summed E-state index contributed by atoms with van der Waals surface area (Å²) in [5, 5.41) is 0. The zero-order valence-electron chi connectivity index (χ0n) is 15.8. The first-order valence-corrected chi connectivity index (χ1v) is 11.6. The van der Waals surface area contributed by atoms with E-state index in [4.69, 9.17) is 9.39 Å². The van der Waals surface area contributed by atoms with Gasteiger partial charge in [0.2, 0.25) is 0 Å². The lowest BCUT2D eigenvalue weighted by atomic mass is 9.70. The number of nitrogens with zero attached hydrogens (tertiary/aromatic N) is 1. The van der Waals surface area contributed by atoms with Crippen LogP contribution in [0.4, 0.5) is 0 Å². The van der Waals surface area contributed by atoms with Gasteiger partial charge in [0.05, 0.1) is 11.2 Å². The molecular weight excluding hydrogens is 398 g/mol. The Labute approximate surface area is 171 Å². The van der Waals surface area contributed by atoms with Crippen molar-refractivity contribution in [1.82, 2.24) is 0 Å². The summed E-state index contributed by atoms with van der Waals surface area (Å²) in [4.78, 5) is 17.3. The highest BCUT2D eigenvalue weighted by atomic mass is 32.2. The Bertz CT molecular complexity index is 950. The number of para-hydroxylation sites is 1. The highest BCUT2D eigenvalue weighted by molar-refractivity contribution is 7.85. The van der Waals surface area contributed by atoms with E-state index in [1.807, 2.05) is 43.1 Å². The van der Waals surface area contributed by atoms with Gasteiger partial charge in [0, 0.05) is 17.2 Å². The van der Waals surface area contributed by atoms with Crippen molar-refractivity contribution in [1.29, 1.82) is 0 Å².